The first kappa shape index (κ1) is 6.98. The molecule has 2 heteroatoms. The van der Waals surface area contributed by atoms with E-state index in [4.69, 9.17) is 0 Å². The molecule has 0 amide bonds. The van der Waals surface area contributed by atoms with Crippen LogP contribution in [0, 0.1) is 0 Å². The smallest absolute Gasteiger partial charge is 0.296 e. The molecule has 58 valence electrons. The van der Waals surface area contributed by atoms with Gasteiger partial charge in [-0.05, 0) is 11.5 Å². The first-order valence-corrected chi connectivity index (χ1v) is 3.70. The van der Waals surface area contributed by atoms with Crippen molar-refractivity contribution in [1.82, 2.24) is 4.98 Å². The fourth-order valence-electron chi connectivity index (χ4n) is 1.17. The molecule has 0 radical (unpaired) electrons. The zero-order chi connectivity index (χ0) is 8.39. The van der Waals surface area contributed by atoms with Gasteiger partial charge in [0.15, 0.2) is 6.29 Å². The molecule has 0 saturated heterocycles. The molecule has 2 nitrogen and oxygen atoms in total. The van der Waals surface area contributed by atoms with E-state index in [0.29, 0.717) is 5.69 Å². The average molecular weight is 158 g/mol. The summed E-state index contributed by atoms with van der Waals surface area (Å²) in [4.78, 5) is 14.3. The van der Waals surface area contributed by atoms with Crippen LogP contribution in [0.4, 0.5) is 0 Å². The largest absolute Gasteiger partial charge is 1.00 e. The van der Waals surface area contributed by atoms with Gasteiger partial charge in [0.05, 0.1) is 0 Å². The summed E-state index contributed by atoms with van der Waals surface area (Å²) >= 11 is 0. The molecule has 0 spiro atoms. The van der Waals surface area contributed by atoms with Crippen LogP contribution >= 0.6 is 0 Å². The molecule has 2 aromatic rings. The first-order valence-electron chi connectivity index (χ1n) is 3.70. The van der Waals surface area contributed by atoms with Crippen molar-refractivity contribution < 1.29 is 6.22 Å². The lowest BCUT2D eigenvalue weighted by Crippen LogP contribution is -1.84. The summed E-state index contributed by atoms with van der Waals surface area (Å²) in [5, 5.41) is 2.11. The molecule has 1 aromatic heterocycles. The molecule has 1 heterocycles. The highest BCUT2D eigenvalue weighted by Crippen LogP contribution is 2.11. The summed E-state index contributed by atoms with van der Waals surface area (Å²) in [5.74, 6) is 0. The van der Waals surface area contributed by atoms with Gasteiger partial charge in [-0.1, -0.05) is 24.3 Å². The molecule has 12 heavy (non-hydrogen) atoms. The molecule has 0 bridgehead atoms. The number of pyridine rings is 1. The summed E-state index contributed by atoms with van der Waals surface area (Å²) in [6, 6.07) is 9.60. The maximum absolute atomic E-state index is 10.4. The number of aromatic nitrogens is 1. The quantitative estimate of drug-likeness (QED) is 0.595. The number of benzene rings is 1. The van der Waals surface area contributed by atoms with Gasteiger partial charge in [-0.25, -0.2) is 0 Å². The maximum atomic E-state index is 10.4. The Kier molecular flexibility index (Phi) is 1.59. The third-order valence-electron chi connectivity index (χ3n) is 1.77. The molecule has 2 rings (SSSR count). The molecule has 0 aliphatic heterocycles. The standard InChI is InChI=1S/C10H7NO/c12-7-10-5-8-3-1-2-4-9(8)6-11-10/h1-7H/p+1. The molecular weight excluding hydrogens is 150 g/mol. The van der Waals surface area contributed by atoms with Crippen LogP contribution in [0.25, 0.3) is 10.8 Å². The van der Waals surface area contributed by atoms with Gasteiger partial charge in [-0.2, -0.15) is 0 Å². The fourth-order valence-corrected chi connectivity index (χ4v) is 1.17. The Morgan fingerprint density at radius 3 is 2.75 bits per heavy atom. The highest BCUT2D eigenvalue weighted by atomic mass is 16.1. The van der Waals surface area contributed by atoms with Crippen LogP contribution in [0.2, 0.25) is 0 Å². The number of carbonyl (C=O) groups is 1. The van der Waals surface area contributed by atoms with Crippen molar-refractivity contribution in [2.45, 2.75) is 0 Å². The zero-order valence-corrected chi connectivity index (χ0v) is 6.40. The fraction of sp³-hybridized carbons (Fsp3) is 0. The Hall–Kier alpha value is -1.70. The average Bonchev–Trinajstić information content (AvgIpc) is 2.17. The van der Waals surface area contributed by atoms with Gasteiger partial charge in [0, 0.05) is 11.6 Å². The van der Waals surface area contributed by atoms with E-state index in [9.17, 15) is 4.79 Å². The van der Waals surface area contributed by atoms with Gasteiger partial charge in [0.25, 0.3) is 0 Å². The summed E-state index contributed by atoms with van der Waals surface area (Å²) in [6.45, 7) is 0. The SMILES string of the molecule is O=Cc1cc2ccccc2cn1.[H+]. The Labute approximate surface area is 71.3 Å². The second kappa shape index (κ2) is 2.74. The van der Waals surface area contributed by atoms with Gasteiger partial charge >= 0.3 is 1.43 Å². The van der Waals surface area contributed by atoms with E-state index in [-0.39, 0.29) is 1.43 Å². The van der Waals surface area contributed by atoms with Crippen LogP contribution in [0.3, 0.4) is 0 Å². The lowest BCUT2D eigenvalue weighted by atomic mass is 10.1. The van der Waals surface area contributed by atoms with Gasteiger partial charge in [-0.15, -0.1) is 0 Å². The molecule has 0 atom stereocenters. The van der Waals surface area contributed by atoms with Crippen molar-refractivity contribution in [2.75, 3.05) is 0 Å². The predicted molar refractivity (Wildman–Crippen MR) is 48.2 cm³/mol. The predicted octanol–water partition coefficient (Wildman–Crippen LogP) is 2.16. The zero-order valence-electron chi connectivity index (χ0n) is 7.40. The van der Waals surface area contributed by atoms with Crippen LogP contribution in [-0.4, -0.2) is 11.3 Å². The molecule has 0 unspecified atom stereocenters. The summed E-state index contributed by atoms with van der Waals surface area (Å²) in [6.07, 6.45) is 2.46. The molecule has 0 aliphatic rings. The van der Waals surface area contributed by atoms with Crippen molar-refractivity contribution >= 4 is 17.1 Å². The van der Waals surface area contributed by atoms with Crippen LogP contribution in [-0.2, 0) is 0 Å². The van der Waals surface area contributed by atoms with Crippen molar-refractivity contribution in [1.29, 1.82) is 0 Å². The maximum Gasteiger partial charge on any atom is 1.00 e. The first-order chi connectivity index (χ1) is 5.90. The lowest BCUT2D eigenvalue weighted by Gasteiger charge is -1.95. The normalized spacial score (nSPS) is 10.0. The van der Waals surface area contributed by atoms with Gasteiger partial charge in [0.1, 0.15) is 5.69 Å². The molecule has 0 fully saturated rings. The third kappa shape index (κ3) is 1.07. The van der Waals surface area contributed by atoms with E-state index in [2.05, 4.69) is 4.98 Å². The third-order valence-corrected chi connectivity index (χ3v) is 1.77. The van der Waals surface area contributed by atoms with Crippen LogP contribution in [0.1, 0.15) is 11.9 Å². The minimum atomic E-state index is 0. The second-order valence-electron chi connectivity index (χ2n) is 2.57. The number of nitrogens with zero attached hydrogens (tertiary/aromatic N) is 1. The van der Waals surface area contributed by atoms with Crippen LogP contribution in [0.5, 0.6) is 0 Å². The van der Waals surface area contributed by atoms with Crippen molar-refractivity contribution in [3.05, 3.63) is 42.2 Å². The Balaban J connectivity index is 0.000000845. The minimum Gasteiger partial charge on any atom is -0.296 e. The van der Waals surface area contributed by atoms with E-state index in [0.717, 1.165) is 17.1 Å². The molecule has 0 N–H and O–H groups in total. The Morgan fingerprint density at radius 2 is 2.00 bits per heavy atom. The summed E-state index contributed by atoms with van der Waals surface area (Å²) in [7, 11) is 0. The monoisotopic (exact) mass is 158 g/mol. The van der Waals surface area contributed by atoms with E-state index < -0.39 is 0 Å². The molecular formula is C10H8NO+. The van der Waals surface area contributed by atoms with Crippen LogP contribution < -0.4 is 0 Å². The second-order valence-corrected chi connectivity index (χ2v) is 2.57. The molecule has 0 saturated carbocycles. The Bertz CT molecular complexity index is 428. The molecule has 1 aromatic carbocycles. The number of rotatable bonds is 1. The van der Waals surface area contributed by atoms with Gasteiger partial charge < -0.3 is 0 Å². The molecule has 0 aliphatic carbocycles. The van der Waals surface area contributed by atoms with Crippen molar-refractivity contribution in [2.24, 2.45) is 0 Å². The topological polar surface area (TPSA) is 30.0 Å². The van der Waals surface area contributed by atoms with E-state index in [1.807, 2.05) is 24.3 Å². The van der Waals surface area contributed by atoms with Crippen molar-refractivity contribution in [3.8, 4) is 0 Å². The van der Waals surface area contributed by atoms with Gasteiger partial charge in [0.2, 0.25) is 0 Å². The van der Waals surface area contributed by atoms with Crippen LogP contribution in [0.15, 0.2) is 36.5 Å². The summed E-state index contributed by atoms with van der Waals surface area (Å²) in [5.41, 5.74) is 0.480. The highest BCUT2D eigenvalue weighted by Gasteiger charge is 1.94. The number of fused-ring (bicyclic) bond motifs is 1. The highest BCUT2D eigenvalue weighted by molar-refractivity contribution is 5.86. The van der Waals surface area contributed by atoms with Gasteiger partial charge in [-0.3, -0.25) is 9.78 Å². The van der Waals surface area contributed by atoms with Crippen molar-refractivity contribution in [3.63, 3.8) is 0 Å². The van der Waals surface area contributed by atoms with E-state index >= 15 is 0 Å². The minimum absolute atomic E-state index is 0. The summed E-state index contributed by atoms with van der Waals surface area (Å²) < 4.78 is 0. The van der Waals surface area contributed by atoms with E-state index in [1.54, 1.807) is 12.3 Å². The Morgan fingerprint density at radius 1 is 1.25 bits per heavy atom. The van der Waals surface area contributed by atoms with E-state index in [1.165, 1.54) is 0 Å². The number of aldehydes is 1. The number of hydrogen-bond acceptors (Lipinski definition) is 2. The number of carbonyl (C=O) groups excluding carboxylic acids is 1. The number of hydrogen-bond donors (Lipinski definition) is 0. The lowest BCUT2D eigenvalue weighted by molar-refractivity contribution is 0.111.